The lowest BCUT2D eigenvalue weighted by Gasteiger charge is -2.56. The van der Waals surface area contributed by atoms with Gasteiger partial charge in [-0.25, -0.2) is 36.4 Å². The number of nitrogens with zero attached hydrogens (tertiary/aromatic N) is 6. The first-order valence-corrected chi connectivity index (χ1v) is 32.8. The molecular weight excluding hydrogens is 1180 g/mol. The molecule has 5 fully saturated rings. The van der Waals surface area contributed by atoms with Crippen molar-refractivity contribution >= 4 is 83.9 Å². The Hall–Kier alpha value is -6.47. The first kappa shape index (κ1) is 60.2. The highest BCUT2D eigenvalue weighted by molar-refractivity contribution is 7.99. The summed E-state index contributed by atoms with van der Waals surface area (Å²) in [4.78, 5) is 59.1. The molecule has 450 valence electrons. The van der Waals surface area contributed by atoms with E-state index in [9.17, 15) is 49.2 Å². The molecule has 24 heteroatoms. The predicted molar refractivity (Wildman–Crippen MR) is 320 cm³/mol. The molecule has 3 N–H and O–H groups in total. The fourth-order valence-corrected chi connectivity index (χ4v) is 15.7. The van der Waals surface area contributed by atoms with Crippen molar-refractivity contribution in [2.24, 2.45) is 5.41 Å². The van der Waals surface area contributed by atoms with Gasteiger partial charge in [-0.3, -0.25) is 29.5 Å². The highest BCUT2D eigenvalue weighted by Gasteiger charge is 2.49. The van der Waals surface area contributed by atoms with Crippen molar-refractivity contribution in [1.82, 2.24) is 34.8 Å². The van der Waals surface area contributed by atoms with E-state index in [0.29, 0.717) is 68.1 Å². The molecule has 17 nitrogen and oxygen atoms in total. The van der Waals surface area contributed by atoms with Crippen molar-refractivity contribution in [3.8, 4) is 0 Å². The molecule has 6 heterocycles. The number of sulfone groups is 1. The maximum atomic E-state index is 14.5. The summed E-state index contributed by atoms with van der Waals surface area (Å²) in [5.41, 5.74) is 1.10. The second-order valence-corrected chi connectivity index (χ2v) is 28.7. The number of hydrogen-bond acceptors (Lipinski definition) is 14. The number of amides is 5. The van der Waals surface area contributed by atoms with Gasteiger partial charge in [0.2, 0.25) is 5.91 Å². The third kappa shape index (κ3) is 13.4. The minimum atomic E-state index is -6.14. The number of allylic oxidation sites excluding steroid dienone is 1. The Morgan fingerprint density at radius 2 is 1.53 bits per heavy atom. The third-order valence-corrected chi connectivity index (χ3v) is 21.4. The summed E-state index contributed by atoms with van der Waals surface area (Å²) in [6.45, 7) is 11.4. The van der Waals surface area contributed by atoms with Crippen molar-refractivity contribution in [3.63, 3.8) is 0 Å². The van der Waals surface area contributed by atoms with Gasteiger partial charge in [0.1, 0.15) is 4.90 Å². The maximum Gasteiger partial charge on any atom is 0.501 e. The Bertz CT molecular complexity index is 3630. The molecule has 5 aromatic carbocycles. The van der Waals surface area contributed by atoms with E-state index in [2.05, 4.69) is 56.2 Å². The zero-order chi connectivity index (χ0) is 60.0. The lowest BCUT2D eigenvalue weighted by atomic mass is 9.73. The number of fused-ring (bicyclic) bond motifs is 3. The van der Waals surface area contributed by atoms with Gasteiger partial charge in [-0.1, -0.05) is 73.5 Å². The van der Waals surface area contributed by atoms with Crippen LogP contribution in [-0.2, 0) is 37.7 Å². The second-order valence-electron chi connectivity index (χ2n) is 23.6. The Balaban J connectivity index is 0.725. The summed E-state index contributed by atoms with van der Waals surface area (Å²) in [5.74, 6) is -1.43. The van der Waals surface area contributed by atoms with E-state index in [1.54, 1.807) is 18.2 Å². The number of piperidine rings is 1. The zero-order valence-electron chi connectivity index (χ0n) is 47.1. The van der Waals surface area contributed by atoms with Gasteiger partial charge in [0.15, 0.2) is 0 Å². The highest BCUT2D eigenvalue weighted by atomic mass is 35.5. The molecule has 2 unspecified atom stereocenters. The molecular formula is C61H67ClF3N9O8S3. The van der Waals surface area contributed by atoms with Crippen molar-refractivity contribution in [2.45, 2.75) is 104 Å². The standard InChI is InChI=1S/C61H67ClF3N9O8S3/c1-60(2)23-20-52(41-9-13-45(62)14-10-41)44(33-60)35-69-26-28-71(29-27-69)47-15-11-42(12-16-47)57(76)68-85(81,82)51-17-19-54(55(32-51)84(79,80)61(63,64)65)66-46(39-83-50-6-4-3-5-7-50)21-24-70-37-48-31-49(38-70)72(48)34-40-8-18-53-43(30-40)36-74(58(53)77)73-25-22-56(75)67-59(73)78/h3-19,30,32,46,48-49,66H,20-29,31,33-39H2,1-2H3,(H,68,76)(H,67,75,78)/t46-,48?,49?/m1/s1. The number of rotatable bonds is 19. The van der Waals surface area contributed by atoms with Gasteiger partial charge < -0.3 is 15.1 Å². The van der Waals surface area contributed by atoms with E-state index in [0.717, 1.165) is 79.2 Å². The number of imide groups is 1. The van der Waals surface area contributed by atoms with E-state index in [4.69, 9.17) is 11.6 Å². The number of carbonyl (C=O) groups is 4. The van der Waals surface area contributed by atoms with Crippen LogP contribution in [0.1, 0.15) is 89.8 Å². The zero-order valence-corrected chi connectivity index (χ0v) is 50.3. The van der Waals surface area contributed by atoms with Crippen LogP contribution in [0.2, 0.25) is 5.02 Å². The van der Waals surface area contributed by atoms with Crippen LogP contribution in [0, 0.1) is 5.41 Å². The SMILES string of the molecule is CC1(C)CCC(c2ccc(Cl)cc2)=C(CN2CCN(c3ccc(C(=O)NS(=O)(=O)c4ccc(N[C@H](CCN5CC6CC(C5)N6Cc5ccc6c(c5)CN(N5CCC(=O)NC5=O)C6=O)CSc5ccccc5)c(S(=O)(=O)C(F)(F)F)c4)cc3)CC2)C1. The highest BCUT2D eigenvalue weighted by Crippen LogP contribution is 2.44. The fourth-order valence-electron chi connectivity index (χ4n) is 12.5. The van der Waals surface area contributed by atoms with Gasteiger partial charge >= 0.3 is 11.5 Å². The monoisotopic (exact) mass is 1240 g/mol. The number of alkyl halides is 3. The van der Waals surface area contributed by atoms with Crippen LogP contribution >= 0.6 is 23.4 Å². The summed E-state index contributed by atoms with van der Waals surface area (Å²) in [6, 6.07) is 31.1. The molecule has 5 saturated heterocycles. The molecule has 5 amide bonds. The lowest BCUT2D eigenvalue weighted by molar-refractivity contribution is -0.123. The van der Waals surface area contributed by atoms with Crippen molar-refractivity contribution < 1.29 is 49.2 Å². The summed E-state index contributed by atoms with van der Waals surface area (Å²) < 4.78 is 100. The number of carbonyl (C=O) groups excluding carboxylic acids is 4. The van der Waals surface area contributed by atoms with E-state index in [1.165, 1.54) is 50.6 Å². The molecule has 0 radical (unpaired) electrons. The van der Waals surface area contributed by atoms with E-state index >= 15 is 0 Å². The summed E-state index contributed by atoms with van der Waals surface area (Å²) in [6.07, 6.45) is 4.56. The summed E-state index contributed by atoms with van der Waals surface area (Å²) >= 11 is 7.65. The van der Waals surface area contributed by atoms with Crippen LogP contribution < -0.4 is 20.3 Å². The number of nitrogens with one attached hydrogen (secondary N) is 3. The molecule has 2 bridgehead atoms. The fraction of sp³-hybridized carbons (Fsp3) is 0.410. The van der Waals surface area contributed by atoms with Gasteiger partial charge in [0.25, 0.3) is 31.7 Å². The van der Waals surface area contributed by atoms with Crippen LogP contribution in [0.4, 0.5) is 29.3 Å². The number of sulfonamides is 1. The first-order chi connectivity index (χ1) is 40.5. The topological polar surface area (TPSA) is 192 Å². The number of hydrogen-bond donors (Lipinski definition) is 3. The molecule has 12 rings (SSSR count). The first-order valence-electron chi connectivity index (χ1n) is 28.5. The molecule has 6 aliphatic heterocycles. The van der Waals surface area contributed by atoms with Crippen LogP contribution in [0.5, 0.6) is 0 Å². The third-order valence-electron chi connectivity index (χ3n) is 17.1. The van der Waals surface area contributed by atoms with Crippen molar-refractivity contribution in [2.75, 3.05) is 74.9 Å². The Morgan fingerprint density at radius 1 is 0.812 bits per heavy atom. The number of halogens is 4. The van der Waals surface area contributed by atoms with Gasteiger partial charge in [-0.15, -0.1) is 11.8 Å². The van der Waals surface area contributed by atoms with E-state index < -0.39 is 58.8 Å². The van der Waals surface area contributed by atoms with Gasteiger partial charge in [0.05, 0.1) is 23.7 Å². The van der Waals surface area contributed by atoms with Gasteiger partial charge in [0, 0.05) is 116 Å². The number of piperazine rings is 2. The minimum Gasteiger partial charge on any atom is -0.380 e. The smallest absolute Gasteiger partial charge is 0.380 e. The molecule has 3 atom stereocenters. The second kappa shape index (κ2) is 24.4. The summed E-state index contributed by atoms with van der Waals surface area (Å²) in [7, 11) is -11.1. The van der Waals surface area contributed by atoms with Gasteiger partial charge in [-0.2, -0.15) is 13.2 Å². The molecule has 5 aromatic rings. The van der Waals surface area contributed by atoms with Crippen LogP contribution in [0.25, 0.3) is 5.57 Å². The predicted octanol–water partition coefficient (Wildman–Crippen LogP) is 9.27. The summed E-state index contributed by atoms with van der Waals surface area (Å²) in [5, 5.41) is 8.66. The van der Waals surface area contributed by atoms with Crippen LogP contribution in [0.15, 0.2) is 136 Å². The molecule has 0 spiro atoms. The average molecular weight is 1240 g/mol. The Morgan fingerprint density at radius 3 is 2.22 bits per heavy atom. The molecule has 1 aliphatic carbocycles. The van der Waals surface area contributed by atoms with Crippen molar-refractivity contribution in [3.05, 3.63) is 154 Å². The number of anilines is 2. The number of urea groups is 1. The van der Waals surface area contributed by atoms with E-state index in [-0.39, 0.29) is 54.4 Å². The van der Waals surface area contributed by atoms with Crippen LogP contribution in [0.3, 0.4) is 0 Å². The number of hydrazine groups is 1. The van der Waals surface area contributed by atoms with Crippen molar-refractivity contribution in [1.29, 1.82) is 0 Å². The largest absolute Gasteiger partial charge is 0.501 e. The maximum absolute atomic E-state index is 14.5. The molecule has 0 aromatic heterocycles. The minimum absolute atomic E-state index is 0.0236. The Kier molecular flexibility index (Phi) is 17.3. The quantitative estimate of drug-likeness (QED) is 0.0663. The molecule has 7 aliphatic rings. The molecule has 0 saturated carbocycles. The number of benzene rings is 5. The number of thioether (sulfide) groups is 1. The normalized spacial score (nSPS) is 20.9. The lowest BCUT2D eigenvalue weighted by Crippen LogP contribution is -2.68. The molecule has 85 heavy (non-hydrogen) atoms. The van der Waals surface area contributed by atoms with Gasteiger partial charge in [-0.05, 0) is 133 Å². The van der Waals surface area contributed by atoms with Crippen LogP contribution in [-0.4, -0.2) is 154 Å². The van der Waals surface area contributed by atoms with E-state index in [1.807, 2.05) is 59.3 Å². The Labute approximate surface area is 502 Å². The average Bonchev–Trinajstić information content (AvgIpc) is 2.59.